The van der Waals surface area contributed by atoms with Crippen molar-refractivity contribution in [3.8, 4) is 28.5 Å². The number of aromatic amines is 1. The Morgan fingerprint density at radius 3 is 2.87 bits per heavy atom. The molecule has 2 heterocycles. The van der Waals surface area contributed by atoms with Gasteiger partial charge >= 0.3 is 0 Å². The van der Waals surface area contributed by atoms with Gasteiger partial charge in [0.15, 0.2) is 0 Å². The smallest absolute Gasteiger partial charge is 0.116 e. The third-order valence-electron chi connectivity index (χ3n) is 3.66. The summed E-state index contributed by atoms with van der Waals surface area (Å²) >= 11 is 0. The summed E-state index contributed by atoms with van der Waals surface area (Å²) in [5, 5.41) is 20.2. The number of aromatic nitrogens is 5. The fourth-order valence-electron chi connectivity index (χ4n) is 2.62. The number of fused-ring (bicyclic) bond motifs is 1. The average Bonchev–Trinajstić information content (AvgIpc) is 3.09. The van der Waals surface area contributed by atoms with E-state index in [9.17, 15) is 5.26 Å². The second-order valence-corrected chi connectivity index (χ2v) is 4.98. The molecule has 0 bridgehead atoms. The summed E-state index contributed by atoms with van der Waals surface area (Å²) < 4.78 is 0. The van der Waals surface area contributed by atoms with E-state index in [1.807, 2.05) is 36.4 Å². The Kier molecular flexibility index (Phi) is 3.03. The van der Waals surface area contributed by atoms with Gasteiger partial charge in [0.2, 0.25) is 0 Å². The summed E-state index contributed by atoms with van der Waals surface area (Å²) in [4.78, 5) is 8.26. The number of nitrogens with zero attached hydrogens (tertiary/aromatic N) is 5. The summed E-state index contributed by atoms with van der Waals surface area (Å²) in [7, 11) is 0. The van der Waals surface area contributed by atoms with Crippen molar-refractivity contribution >= 4 is 11.0 Å². The molecule has 0 spiro atoms. The minimum atomic E-state index is 0.587. The van der Waals surface area contributed by atoms with Crippen LogP contribution in [-0.2, 0) is 0 Å². The van der Waals surface area contributed by atoms with Gasteiger partial charge in [-0.2, -0.15) is 5.26 Å². The van der Waals surface area contributed by atoms with E-state index in [1.54, 1.807) is 12.3 Å². The molecule has 6 nitrogen and oxygen atoms in total. The van der Waals surface area contributed by atoms with E-state index in [0.717, 1.165) is 33.4 Å². The zero-order chi connectivity index (χ0) is 15.6. The molecule has 0 aliphatic rings. The third-order valence-corrected chi connectivity index (χ3v) is 3.66. The van der Waals surface area contributed by atoms with Gasteiger partial charge in [0.05, 0.1) is 22.8 Å². The lowest BCUT2D eigenvalue weighted by molar-refractivity contribution is 0.959. The first-order valence-corrected chi connectivity index (χ1v) is 6.97. The molecule has 0 aliphatic carbocycles. The molecular weight excluding hydrogens is 288 g/mol. The predicted octanol–water partition coefficient (Wildman–Crippen LogP) is 2.95. The fourth-order valence-corrected chi connectivity index (χ4v) is 2.62. The highest BCUT2D eigenvalue weighted by molar-refractivity contribution is 5.90. The van der Waals surface area contributed by atoms with Crippen LogP contribution in [0.5, 0.6) is 0 Å². The molecule has 4 aromatic rings. The minimum absolute atomic E-state index is 0.587. The normalized spacial score (nSPS) is 10.6. The van der Waals surface area contributed by atoms with Crippen LogP contribution in [0.1, 0.15) is 5.56 Å². The molecule has 2 aromatic heterocycles. The van der Waals surface area contributed by atoms with Crippen molar-refractivity contribution in [1.29, 1.82) is 5.26 Å². The van der Waals surface area contributed by atoms with E-state index < -0.39 is 0 Å². The van der Waals surface area contributed by atoms with Gasteiger partial charge in [0, 0.05) is 17.3 Å². The molecule has 0 aliphatic heterocycles. The summed E-state index contributed by atoms with van der Waals surface area (Å²) in [6, 6.07) is 15.5. The van der Waals surface area contributed by atoms with Crippen molar-refractivity contribution in [2.75, 3.05) is 0 Å². The van der Waals surface area contributed by atoms with Crippen molar-refractivity contribution in [2.24, 2.45) is 0 Å². The molecule has 0 saturated carbocycles. The van der Waals surface area contributed by atoms with Gasteiger partial charge < -0.3 is 0 Å². The maximum atomic E-state index is 9.51. The molecule has 0 atom stereocenters. The van der Waals surface area contributed by atoms with Crippen molar-refractivity contribution in [3.63, 3.8) is 0 Å². The number of hydrogen-bond acceptors (Lipinski definition) is 5. The van der Waals surface area contributed by atoms with Gasteiger partial charge in [-0.3, -0.25) is 5.10 Å². The van der Waals surface area contributed by atoms with Gasteiger partial charge in [-0.05, 0) is 29.8 Å². The van der Waals surface area contributed by atoms with Crippen molar-refractivity contribution in [2.45, 2.75) is 0 Å². The van der Waals surface area contributed by atoms with Gasteiger partial charge in [-0.25, -0.2) is 9.97 Å². The molecule has 0 fully saturated rings. The van der Waals surface area contributed by atoms with Crippen LogP contribution in [0.4, 0.5) is 0 Å². The SMILES string of the molecule is N#Cc1cccc(-c2ccncn2)c1-c1ccc2[nH]nnc2c1. The molecule has 0 amide bonds. The molecule has 108 valence electrons. The van der Waals surface area contributed by atoms with E-state index >= 15 is 0 Å². The lowest BCUT2D eigenvalue weighted by atomic mass is 9.93. The first kappa shape index (κ1) is 13.1. The number of rotatable bonds is 2. The highest BCUT2D eigenvalue weighted by Gasteiger charge is 2.14. The molecule has 2 aromatic carbocycles. The number of benzene rings is 2. The zero-order valence-electron chi connectivity index (χ0n) is 11.9. The fraction of sp³-hybridized carbons (Fsp3) is 0. The lowest BCUT2D eigenvalue weighted by Crippen LogP contribution is -1.92. The van der Waals surface area contributed by atoms with Gasteiger partial charge in [-0.15, -0.1) is 5.10 Å². The number of hydrogen-bond donors (Lipinski definition) is 1. The van der Waals surface area contributed by atoms with Crippen LogP contribution in [0.2, 0.25) is 0 Å². The zero-order valence-corrected chi connectivity index (χ0v) is 11.9. The highest BCUT2D eigenvalue weighted by atomic mass is 15.3. The lowest BCUT2D eigenvalue weighted by Gasteiger charge is -2.11. The summed E-state index contributed by atoms with van der Waals surface area (Å²) in [5.41, 5.74) is 5.58. The van der Waals surface area contributed by atoms with Crippen LogP contribution in [0.3, 0.4) is 0 Å². The second kappa shape index (κ2) is 5.31. The van der Waals surface area contributed by atoms with Gasteiger partial charge in [0.25, 0.3) is 0 Å². The van der Waals surface area contributed by atoms with Crippen LogP contribution >= 0.6 is 0 Å². The topological polar surface area (TPSA) is 91.1 Å². The molecule has 1 N–H and O–H groups in total. The predicted molar refractivity (Wildman–Crippen MR) is 85.1 cm³/mol. The Hall–Kier alpha value is -3.59. The number of H-pyrrole nitrogens is 1. The third kappa shape index (κ3) is 2.21. The summed E-state index contributed by atoms with van der Waals surface area (Å²) in [6.45, 7) is 0. The van der Waals surface area contributed by atoms with E-state index in [-0.39, 0.29) is 0 Å². The van der Waals surface area contributed by atoms with E-state index in [2.05, 4.69) is 31.4 Å². The van der Waals surface area contributed by atoms with Crippen LogP contribution in [-0.4, -0.2) is 25.4 Å². The number of nitriles is 1. The maximum Gasteiger partial charge on any atom is 0.116 e. The van der Waals surface area contributed by atoms with Crippen molar-refractivity contribution < 1.29 is 0 Å². The van der Waals surface area contributed by atoms with Gasteiger partial charge in [0.1, 0.15) is 11.8 Å². The van der Waals surface area contributed by atoms with Crippen molar-refractivity contribution in [3.05, 3.63) is 60.6 Å². The molecule has 0 saturated heterocycles. The monoisotopic (exact) mass is 298 g/mol. The van der Waals surface area contributed by atoms with Crippen molar-refractivity contribution in [1.82, 2.24) is 25.4 Å². The average molecular weight is 298 g/mol. The second-order valence-electron chi connectivity index (χ2n) is 4.98. The molecule has 23 heavy (non-hydrogen) atoms. The van der Waals surface area contributed by atoms with E-state index in [0.29, 0.717) is 5.56 Å². The minimum Gasteiger partial charge on any atom is -0.258 e. The Morgan fingerprint density at radius 1 is 1.09 bits per heavy atom. The van der Waals surface area contributed by atoms with Crippen LogP contribution in [0.25, 0.3) is 33.4 Å². The van der Waals surface area contributed by atoms with E-state index in [1.165, 1.54) is 6.33 Å². The Morgan fingerprint density at radius 2 is 2.04 bits per heavy atom. The summed E-state index contributed by atoms with van der Waals surface area (Å²) in [5.74, 6) is 0. The molecule has 4 rings (SSSR count). The first-order chi connectivity index (χ1) is 11.4. The quantitative estimate of drug-likeness (QED) is 0.614. The van der Waals surface area contributed by atoms with E-state index in [4.69, 9.17) is 0 Å². The Labute approximate surface area is 131 Å². The maximum absolute atomic E-state index is 9.51. The summed E-state index contributed by atoms with van der Waals surface area (Å²) in [6.07, 6.45) is 3.19. The molecule has 6 heteroatoms. The van der Waals surface area contributed by atoms with Crippen LogP contribution < -0.4 is 0 Å². The number of nitrogens with one attached hydrogen (secondary N) is 1. The van der Waals surface area contributed by atoms with Crippen LogP contribution in [0.15, 0.2) is 55.0 Å². The Balaban J connectivity index is 2.01. The van der Waals surface area contributed by atoms with Gasteiger partial charge in [-0.1, -0.05) is 23.4 Å². The van der Waals surface area contributed by atoms with Crippen LogP contribution in [0, 0.1) is 11.3 Å². The molecule has 0 unspecified atom stereocenters. The highest BCUT2D eigenvalue weighted by Crippen LogP contribution is 2.34. The largest absolute Gasteiger partial charge is 0.258 e. The first-order valence-electron chi connectivity index (χ1n) is 6.97. The standard InChI is InChI=1S/C17H10N6/c18-9-12-2-1-3-13(14-6-7-19-10-20-14)17(12)11-4-5-15-16(8-11)22-23-21-15/h1-8,10H,(H,21,22,23). The molecular formula is C17H10N6. The Bertz CT molecular complexity index is 1030. The molecule has 0 radical (unpaired) electrons.